The molecule has 0 unspecified atom stereocenters. The van der Waals surface area contributed by atoms with Crippen LogP contribution >= 0.6 is 27.7 Å². The van der Waals surface area contributed by atoms with Gasteiger partial charge in [-0.1, -0.05) is 47.1 Å². The van der Waals surface area contributed by atoms with Crippen molar-refractivity contribution in [2.24, 2.45) is 0 Å². The first-order valence-electron chi connectivity index (χ1n) is 5.73. The van der Waals surface area contributed by atoms with E-state index in [1.165, 1.54) is 6.33 Å². The molecule has 0 fully saturated rings. The molecular weight excluding hydrogens is 310 g/mol. The van der Waals surface area contributed by atoms with Gasteiger partial charge in [-0.25, -0.2) is 9.97 Å². The van der Waals surface area contributed by atoms with Gasteiger partial charge in [0.2, 0.25) is 0 Å². The summed E-state index contributed by atoms with van der Waals surface area (Å²) >= 11 is 5.09. The van der Waals surface area contributed by atoms with Crippen LogP contribution in [0.2, 0.25) is 0 Å². The fourth-order valence-corrected chi connectivity index (χ4v) is 3.16. The third-order valence-corrected chi connectivity index (χ3v) is 3.98. The van der Waals surface area contributed by atoms with Gasteiger partial charge in [0.25, 0.3) is 0 Å². The summed E-state index contributed by atoms with van der Waals surface area (Å²) in [6.07, 6.45) is 3.46. The molecule has 2 aromatic rings. The average molecular weight is 324 g/mol. The SMILES string of the molecule is CCCc1c(N)ncnc1Sc1cccc(Br)c1. The van der Waals surface area contributed by atoms with Gasteiger partial charge >= 0.3 is 0 Å². The van der Waals surface area contributed by atoms with E-state index < -0.39 is 0 Å². The first-order valence-corrected chi connectivity index (χ1v) is 7.34. The van der Waals surface area contributed by atoms with Crippen LogP contribution in [-0.4, -0.2) is 9.97 Å². The molecule has 0 atom stereocenters. The zero-order chi connectivity index (χ0) is 13.0. The summed E-state index contributed by atoms with van der Waals surface area (Å²) in [6.45, 7) is 2.12. The second-order valence-electron chi connectivity index (χ2n) is 3.85. The Hall–Kier alpha value is -1.07. The van der Waals surface area contributed by atoms with Crippen molar-refractivity contribution in [3.63, 3.8) is 0 Å². The molecule has 2 N–H and O–H groups in total. The lowest BCUT2D eigenvalue weighted by molar-refractivity contribution is 0.861. The predicted molar refractivity (Wildman–Crippen MR) is 78.7 cm³/mol. The number of anilines is 1. The molecule has 94 valence electrons. The number of benzene rings is 1. The van der Waals surface area contributed by atoms with E-state index in [4.69, 9.17) is 5.73 Å². The van der Waals surface area contributed by atoms with Crippen molar-refractivity contribution in [1.29, 1.82) is 0 Å². The summed E-state index contributed by atoms with van der Waals surface area (Å²) < 4.78 is 1.06. The van der Waals surface area contributed by atoms with Gasteiger partial charge in [0.15, 0.2) is 0 Å². The predicted octanol–water partition coefficient (Wildman–Crippen LogP) is 3.93. The van der Waals surface area contributed by atoms with Gasteiger partial charge in [-0.05, 0) is 24.6 Å². The van der Waals surface area contributed by atoms with Crippen molar-refractivity contribution in [1.82, 2.24) is 9.97 Å². The molecule has 3 nitrogen and oxygen atoms in total. The van der Waals surface area contributed by atoms with E-state index in [1.807, 2.05) is 12.1 Å². The molecule has 0 aliphatic rings. The van der Waals surface area contributed by atoms with Crippen molar-refractivity contribution < 1.29 is 0 Å². The van der Waals surface area contributed by atoms with Crippen LogP contribution in [0.25, 0.3) is 0 Å². The third-order valence-electron chi connectivity index (χ3n) is 2.45. The minimum atomic E-state index is 0.587. The summed E-state index contributed by atoms with van der Waals surface area (Å²) in [4.78, 5) is 9.54. The molecule has 1 heterocycles. The van der Waals surface area contributed by atoms with E-state index >= 15 is 0 Å². The van der Waals surface area contributed by atoms with Gasteiger partial charge in [0.1, 0.15) is 17.2 Å². The molecule has 2 rings (SSSR count). The first kappa shape index (κ1) is 13.4. The van der Waals surface area contributed by atoms with E-state index in [0.29, 0.717) is 5.82 Å². The molecular formula is C13H14BrN3S. The van der Waals surface area contributed by atoms with Crippen LogP contribution in [0.3, 0.4) is 0 Å². The molecule has 1 aromatic heterocycles. The van der Waals surface area contributed by atoms with Crippen molar-refractivity contribution >= 4 is 33.5 Å². The number of hydrogen-bond donors (Lipinski definition) is 1. The van der Waals surface area contributed by atoms with E-state index in [2.05, 4.69) is 45.0 Å². The monoisotopic (exact) mass is 323 g/mol. The third kappa shape index (κ3) is 3.23. The van der Waals surface area contributed by atoms with E-state index in [9.17, 15) is 0 Å². The van der Waals surface area contributed by atoms with Gasteiger partial charge in [-0.15, -0.1) is 0 Å². The highest BCUT2D eigenvalue weighted by molar-refractivity contribution is 9.10. The Morgan fingerprint density at radius 1 is 1.33 bits per heavy atom. The summed E-state index contributed by atoms with van der Waals surface area (Å²) in [6, 6.07) is 8.14. The maximum Gasteiger partial charge on any atom is 0.131 e. The lowest BCUT2D eigenvalue weighted by atomic mass is 10.2. The second kappa shape index (κ2) is 6.20. The average Bonchev–Trinajstić information content (AvgIpc) is 2.34. The maximum absolute atomic E-state index is 5.92. The molecule has 1 aromatic carbocycles. The van der Waals surface area contributed by atoms with Crippen LogP contribution in [-0.2, 0) is 6.42 Å². The smallest absolute Gasteiger partial charge is 0.131 e. The van der Waals surface area contributed by atoms with Crippen LogP contribution in [0.15, 0.2) is 45.0 Å². The number of nitrogens with zero attached hydrogens (tertiary/aromatic N) is 2. The Labute approximate surface area is 119 Å². The summed E-state index contributed by atoms with van der Waals surface area (Å²) in [5.41, 5.74) is 6.96. The van der Waals surface area contributed by atoms with Crippen molar-refractivity contribution in [3.05, 3.63) is 40.6 Å². The van der Waals surface area contributed by atoms with Crippen LogP contribution in [0, 0.1) is 0 Å². The molecule has 0 amide bonds. The first-order chi connectivity index (χ1) is 8.70. The fourth-order valence-electron chi connectivity index (χ4n) is 1.62. The Morgan fingerprint density at radius 2 is 2.17 bits per heavy atom. The van der Waals surface area contributed by atoms with Crippen molar-refractivity contribution in [2.45, 2.75) is 29.7 Å². The maximum atomic E-state index is 5.92. The molecule has 0 aliphatic carbocycles. The van der Waals surface area contributed by atoms with Gasteiger partial charge in [0.05, 0.1) is 0 Å². The molecule has 0 bridgehead atoms. The molecule has 18 heavy (non-hydrogen) atoms. The number of nitrogens with two attached hydrogens (primary N) is 1. The summed E-state index contributed by atoms with van der Waals surface area (Å²) in [5.74, 6) is 0.587. The quantitative estimate of drug-likeness (QED) is 0.866. The number of rotatable bonds is 4. The van der Waals surface area contributed by atoms with Gasteiger partial charge in [0, 0.05) is 14.9 Å². The van der Waals surface area contributed by atoms with E-state index in [-0.39, 0.29) is 0 Å². The summed E-state index contributed by atoms with van der Waals surface area (Å²) in [5, 5.41) is 0.947. The number of nitrogen functional groups attached to an aromatic ring is 1. The van der Waals surface area contributed by atoms with E-state index in [0.717, 1.165) is 32.8 Å². The minimum absolute atomic E-state index is 0.587. The normalized spacial score (nSPS) is 10.6. The Kier molecular flexibility index (Phi) is 4.60. The van der Waals surface area contributed by atoms with E-state index in [1.54, 1.807) is 11.8 Å². The molecule has 0 spiro atoms. The molecule has 0 saturated heterocycles. The Bertz CT molecular complexity index is 546. The highest BCUT2D eigenvalue weighted by Crippen LogP contribution is 2.32. The van der Waals surface area contributed by atoms with Crippen molar-refractivity contribution in [3.8, 4) is 0 Å². The van der Waals surface area contributed by atoms with Gasteiger partial charge in [-0.2, -0.15) is 0 Å². The second-order valence-corrected chi connectivity index (χ2v) is 5.83. The molecule has 5 heteroatoms. The fraction of sp³-hybridized carbons (Fsp3) is 0.231. The highest BCUT2D eigenvalue weighted by atomic mass is 79.9. The molecule has 0 saturated carbocycles. The number of hydrogen-bond acceptors (Lipinski definition) is 4. The topological polar surface area (TPSA) is 51.8 Å². The van der Waals surface area contributed by atoms with Crippen LogP contribution in [0.4, 0.5) is 5.82 Å². The standard InChI is InChI=1S/C13H14BrN3S/c1-2-4-11-12(15)16-8-17-13(11)18-10-6-3-5-9(14)7-10/h3,5-8H,2,4H2,1H3,(H2,15,16,17). The Morgan fingerprint density at radius 3 is 2.89 bits per heavy atom. The number of aromatic nitrogens is 2. The molecule has 0 aliphatic heterocycles. The van der Waals surface area contributed by atoms with Crippen LogP contribution < -0.4 is 5.73 Å². The Balaban J connectivity index is 2.31. The van der Waals surface area contributed by atoms with Gasteiger partial charge < -0.3 is 5.73 Å². The van der Waals surface area contributed by atoms with Crippen molar-refractivity contribution in [2.75, 3.05) is 5.73 Å². The zero-order valence-electron chi connectivity index (χ0n) is 10.1. The van der Waals surface area contributed by atoms with Crippen LogP contribution in [0.1, 0.15) is 18.9 Å². The number of halogens is 1. The zero-order valence-corrected chi connectivity index (χ0v) is 12.5. The largest absolute Gasteiger partial charge is 0.383 e. The lowest BCUT2D eigenvalue weighted by Gasteiger charge is -2.09. The lowest BCUT2D eigenvalue weighted by Crippen LogP contribution is -2.01. The highest BCUT2D eigenvalue weighted by Gasteiger charge is 2.10. The van der Waals surface area contributed by atoms with Gasteiger partial charge in [-0.3, -0.25) is 0 Å². The van der Waals surface area contributed by atoms with Crippen LogP contribution in [0.5, 0.6) is 0 Å². The molecule has 0 radical (unpaired) electrons. The summed E-state index contributed by atoms with van der Waals surface area (Å²) in [7, 11) is 0. The minimum Gasteiger partial charge on any atom is -0.383 e.